The van der Waals surface area contributed by atoms with Crippen molar-refractivity contribution in [1.82, 2.24) is 15.3 Å². The van der Waals surface area contributed by atoms with E-state index in [1.54, 1.807) is 5.01 Å². The number of anilines is 2. The molecule has 9 nitrogen and oxygen atoms in total. The first-order valence-electron chi connectivity index (χ1n) is 13.8. The molecule has 0 saturated heterocycles. The van der Waals surface area contributed by atoms with Crippen molar-refractivity contribution in [3.05, 3.63) is 82.5 Å². The summed E-state index contributed by atoms with van der Waals surface area (Å²) in [5.74, 6) is -0.282. The molecule has 214 valence electrons. The maximum Gasteiger partial charge on any atom is 0.328 e. The minimum Gasteiger partial charge on any atom is -0.467 e. The van der Waals surface area contributed by atoms with E-state index in [9.17, 15) is 9.59 Å². The number of ether oxygens (including phenoxy) is 1. The molecule has 2 aliphatic rings. The Hall–Kier alpha value is -3.98. The molecule has 1 aliphatic carbocycles. The number of aromatic nitrogens is 2. The van der Waals surface area contributed by atoms with Gasteiger partial charge in [0.1, 0.15) is 11.6 Å². The molecule has 1 aliphatic heterocycles. The van der Waals surface area contributed by atoms with E-state index in [-0.39, 0.29) is 11.5 Å². The molecule has 2 aromatic carbocycles. The highest BCUT2D eigenvalue weighted by atomic mass is 35.5. The number of amides is 1. The molecular formula is C31H35ClN6O3. The molecule has 2 heterocycles. The molecule has 2 atom stereocenters. The Morgan fingerprint density at radius 2 is 1.78 bits per heavy atom. The van der Waals surface area contributed by atoms with Gasteiger partial charge in [-0.15, -0.1) is 0 Å². The second kappa shape index (κ2) is 11.9. The SMILES string of the molecule is COC(=O)[C@@H](NC(=O)c1cnc(NC2CCC2)nc1N1CC(c2ccccc2)C(c2ccc(Cl)cc2)=N1)C(C)(C)C. The average molecular weight is 575 g/mol. The summed E-state index contributed by atoms with van der Waals surface area (Å²) in [7, 11) is 1.31. The van der Waals surface area contributed by atoms with Gasteiger partial charge in [0, 0.05) is 23.2 Å². The smallest absolute Gasteiger partial charge is 0.328 e. The average Bonchev–Trinajstić information content (AvgIpc) is 3.39. The Kier molecular flexibility index (Phi) is 8.26. The fraction of sp³-hybridized carbons (Fsp3) is 0.387. The minimum atomic E-state index is -0.871. The summed E-state index contributed by atoms with van der Waals surface area (Å²) < 4.78 is 4.99. The van der Waals surface area contributed by atoms with E-state index in [1.165, 1.54) is 13.3 Å². The molecule has 2 N–H and O–H groups in total. The Labute approximate surface area is 245 Å². The highest BCUT2D eigenvalue weighted by molar-refractivity contribution is 6.30. The van der Waals surface area contributed by atoms with Gasteiger partial charge in [0.05, 0.1) is 19.4 Å². The first-order chi connectivity index (χ1) is 19.6. The lowest BCUT2D eigenvalue weighted by molar-refractivity contribution is -0.145. The zero-order chi connectivity index (χ0) is 29.1. The highest BCUT2D eigenvalue weighted by Gasteiger charge is 2.37. The van der Waals surface area contributed by atoms with Crippen molar-refractivity contribution in [3.63, 3.8) is 0 Å². The standard InChI is InChI=1S/C31H35ClN6O3/c1-31(2,3)26(29(40)41-4)35-28(39)23-17-33-30(34-22-11-8-12-22)36-27(23)38-18-24(19-9-6-5-7-10-19)25(37-38)20-13-15-21(32)16-14-20/h5-7,9-10,13-17,22,24,26H,8,11-12,18H2,1-4H3,(H,35,39)(H,33,34,36)/t24?,26-/m1/s1. The van der Waals surface area contributed by atoms with E-state index < -0.39 is 23.3 Å². The Bertz CT molecular complexity index is 1430. The van der Waals surface area contributed by atoms with E-state index in [1.807, 2.05) is 63.2 Å². The normalized spacial score (nSPS) is 17.8. The molecule has 0 bridgehead atoms. The summed E-state index contributed by atoms with van der Waals surface area (Å²) in [5, 5.41) is 13.6. The van der Waals surface area contributed by atoms with Crippen LogP contribution in [0.1, 0.15) is 67.4 Å². The van der Waals surface area contributed by atoms with Crippen LogP contribution in [0.3, 0.4) is 0 Å². The predicted octanol–water partition coefficient (Wildman–Crippen LogP) is 5.42. The molecule has 0 radical (unpaired) electrons. The van der Waals surface area contributed by atoms with Gasteiger partial charge in [0.15, 0.2) is 5.82 Å². The number of hydrogen-bond donors (Lipinski definition) is 2. The Morgan fingerprint density at radius 3 is 2.39 bits per heavy atom. The molecule has 0 spiro atoms. The van der Waals surface area contributed by atoms with Crippen molar-refractivity contribution in [2.75, 3.05) is 24.0 Å². The van der Waals surface area contributed by atoms with Crippen molar-refractivity contribution in [2.24, 2.45) is 10.5 Å². The first-order valence-corrected chi connectivity index (χ1v) is 14.2. The number of hydrazone groups is 1. The van der Waals surface area contributed by atoms with Gasteiger partial charge in [-0.3, -0.25) is 4.79 Å². The summed E-state index contributed by atoms with van der Waals surface area (Å²) in [5.41, 5.74) is 2.50. The third-order valence-corrected chi connectivity index (χ3v) is 7.78. The summed E-state index contributed by atoms with van der Waals surface area (Å²) in [6.07, 6.45) is 4.76. The molecule has 1 amide bonds. The number of methoxy groups -OCH3 is 1. The maximum atomic E-state index is 13.7. The molecule has 5 rings (SSSR count). The Morgan fingerprint density at radius 1 is 1.07 bits per heavy atom. The van der Waals surface area contributed by atoms with Gasteiger partial charge >= 0.3 is 5.97 Å². The van der Waals surface area contributed by atoms with E-state index in [0.29, 0.717) is 29.4 Å². The quantitative estimate of drug-likeness (QED) is 0.346. The summed E-state index contributed by atoms with van der Waals surface area (Å²) in [4.78, 5) is 35.6. The number of esters is 1. The number of rotatable bonds is 8. The van der Waals surface area contributed by atoms with Crippen molar-refractivity contribution < 1.29 is 14.3 Å². The van der Waals surface area contributed by atoms with E-state index in [2.05, 4.69) is 27.8 Å². The zero-order valence-electron chi connectivity index (χ0n) is 23.7. The molecule has 1 unspecified atom stereocenters. The number of carbonyl (C=O) groups is 2. The summed E-state index contributed by atoms with van der Waals surface area (Å²) >= 11 is 6.18. The number of halogens is 1. The van der Waals surface area contributed by atoms with Gasteiger partial charge in [-0.05, 0) is 47.9 Å². The number of nitrogens with one attached hydrogen (secondary N) is 2. The van der Waals surface area contributed by atoms with Crippen molar-refractivity contribution in [2.45, 2.75) is 58.0 Å². The minimum absolute atomic E-state index is 0.0799. The van der Waals surface area contributed by atoms with Crippen molar-refractivity contribution in [3.8, 4) is 0 Å². The van der Waals surface area contributed by atoms with Gasteiger partial charge in [-0.25, -0.2) is 14.8 Å². The largest absolute Gasteiger partial charge is 0.467 e. The molecule has 10 heteroatoms. The molecule has 41 heavy (non-hydrogen) atoms. The van der Waals surface area contributed by atoms with Crippen LogP contribution < -0.4 is 15.6 Å². The van der Waals surface area contributed by atoms with Crippen LogP contribution in [0.15, 0.2) is 65.9 Å². The Balaban J connectivity index is 1.56. The fourth-order valence-electron chi connectivity index (χ4n) is 4.95. The number of hydrogen-bond acceptors (Lipinski definition) is 8. The second-order valence-corrected chi connectivity index (χ2v) is 12.0. The predicted molar refractivity (Wildman–Crippen MR) is 161 cm³/mol. The second-order valence-electron chi connectivity index (χ2n) is 11.5. The van der Waals surface area contributed by atoms with Crippen molar-refractivity contribution in [1.29, 1.82) is 0 Å². The van der Waals surface area contributed by atoms with Crippen molar-refractivity contribution >= 4 is 41.0 Å². The number of benzene rings is 2. The summed E-state index contributed by atoms with van der Waals surface area (Å²) in [6, 6.07) is 17.1. The van der Waals surface area contributed by atoms with Crippen LogP contribution in [0, 0.1) is 5.41 Å². The molecular weight excluding hydrogens is 540 g/mol. The van der Waals surface area contributed by atoms with Gasteiger partial charge in [-0.2, -0.15) is 10.1 Å². The maximum absolute atomic E-state index is 13.7. The third kappa shape index (κ3) is 6.35. The van der Waals surface area contributed by atoms with Gasteiger partial charge < -0.3 is 15.4 Å². The number of carbonyl (C=O) groups excluding carboxylic acids is 2. The first kappa shape index (κ1) is 28.5. The van der Waals surface area contributed by atoms with Gasteiger partial charge in [0.25, 0.3) is 5.91 Å². The van der Waals surface area contributed by atoms with Gasteiger partial charge in [0.2, 0.25) is 5.95 Å². The highest BCUT2D eigenvalue weighted by Crippen LogP contribution is 2.34. The van der Waals surface area contributed by atoms with Crippen LogP contribution in [0.5, 0.6) is 0 Å². The van der Waals surface area contributed by atoms with Crippen LogP contribution in [-0.2, 0) is 9.53 Å². The lowest BCUT2D eigenvalue weighted by Gasteiger charge is -2.29. The van der Waals surface area contributed by atoms with Crippen LogP contribution in [0.2, 0.25) is 5.02 Å². The number of nitrogens with zero attached hydrogens (tertiary/aromatic N) is 4. The van der Waals surface area contributed by atoms with Crippen LogP contribution in [0.4, 0.5) is 11.8 Å². The summed E-state index contributed by atoms with van der Waals surface area (Å²) in [6.45, 7) is 6.06. The lowest BCUT2D eigenvalue weighted by atomic mass is 9.86. The van der Waals surface area contributed by atoms with E-state index in [4.69, 9.17) is 26.4 Å². The van der Waals surface area contributed by atoms with Gasteiger partial charge in [-0.1, -0.05) is 74.8 Å². The molecule has 3 aromatic rings. The molecule has 1 aromatic heterocycles. The van der Waals surface area contributed by atoms with Crippen LogP contribution >= 0.6 is 11.6 Å². The zero-order valence-corrected chi connectivity index (χ0v) is 24.5. The monoisotopic (exact) mass is 574 g/mol. The van der Waals surface area contributed by atoms with E-state index in [0.717, 1.165) is 36.1 Å². The molecule has 1 fully saturated rings. The molecule has 1 saturated carbocycles. The topological polar surface area (TPSA) is 109 Å². The lowest BCUT2D eigenvalue weighted by Crippen LogP contribution is -2.49. The third-order valence-electron chi connectivity index (χ3n) is 7.53. The van der Waals surface area contributed by atoms with Crippen LogP contribution in [0.25, 0.3) is 0 Å². The fourth-order valence-corrected chi connectivity index (χ4v) is 5.08. The van der Waals surface area contributed by atoms with E-state index >= 15 is 0 Å². The van der Waals surface area contributed by atoms with Crippen LogP contribution in [-0.4, -0.2) is 53.3 Å².